The molecule has 1 aliphatic heterocycles. The molecule has 1 saturated carbocycles. The minimum Gasteiger partial charge on any atom is -0.237 e. The second kappa shape index (κ2) is 4.20. The van der Waals surface area contributed by atoms with E-state index in [1.807, 2.05) is 29.4 Å². The van der Waals surface area contributed by atoms with Gasteiger partial charge in [0, 0.05) is 6.20 Å². The molecular weight excluding hydrogens is 200 g/mol. The number of hydrogen-bond donors (Lipinski definition) is 0. The van der Waals surface area contributed by atoms with Crippen LogP contribution in [0.3, 0.4) is 0 Å². The van der Waals surface area contributed by atoms with Crippen molar-refractivity contribution in [1.82, 2.24) is 4.98 Å². The predicted octanol–water partition coefficient (Wildman–Crippen LogP) is 2.97. The molecule has 3 rings (SSSR count). The molecule has 2 aliphatic rings. The molecule has 2 atom stereocenters. The van der Waals surface area contributed by atoms with Crippen LogP contribution in [0.25, 0.3) is 0 Å². The first-order valence-corrected chi connectivity index (χ1v) is 6.06. The predicted molar refractivity (Wildman–Crippen MR) is 62.2 cm³/mol. The number of hydrogen-bond acceptors (Lipinski definition) is 4. The monoisotopic (exact) mass is 216 g/mol. The van der Waals surface area contributed by atoms with Gasteiger partial charge >= 0.3 is 0 Å². The lowest BCUT2D eigenvalue weighted by molar-refractivity contribution is 0.523. The first-order valence-electron chi connectivity index (χ1n) is 6.06. The summed E-state index contributed by atoms with van der Waals surface area (Å²) < 4.78 is 0. The van der Waals surface area contributed by atoms with Crippen molar-refractivity contribution >= 4 is 5.82 Å². The summed E-state index contributed by atoms with van der Waals surface area (Å²) >= 11 is 0. The summed E-state index contributed by atoms with van der Waals surface area (Å²) in [6.07, 6.45) is 8.09. The molecule has 16 heavy (non-hydrogen) atoms. The molecule has 1 aromatic rings. The van der Waals surface area contributed by atoms with Gasteiger partial charge in [-0.2, -0.15) is 5.11 Å². The highest BCUT2D eigenvalue weighted by atomic mass is 15.6. The maximum absolute atomic E-state index is 4.39. The lowest BCUT2D eigenvalue weighted by atomic mass is 10.0. The third kappa shape index (κ3) is 1.68. The minimum atomic E-state index is 0.393. The standard InChI is InChI=1S/C12H16N4/c1-2-6-10-11(7-3-1)16(15-14-10)12-8-4-5-9-13-12/h4-5,8-11H,1-3,6-7H2/t10-,11-/m1/s1. The Bertz CT molecular complexity index is 376. The maximum atomic E-state index is 4.39. The van der Waals surface area contributed by atoms with Crippen molar-refractivity contribution in [3.8, 4) is 0 Å². The Morgan fingerprint density at radius 2 is 2.06 bits per heavy atom. The Hall–Kier alpha value is -1.45. The SMILES string of the molecule is c1ccc(N2N=N[C@@H]3CCCCC[C@H]32)nc1. The molecule has 1 aliphatic carbocycles. The smallest absolute Gasteiger partial charge is 0.150 e. The van der Waals surface area contributed by atoms with Gasteiger partial charge in [0.15, 0.2) is 5.82 Å². The zero-order valence-electron chi connectivity index (χ0n) is 9.29. The van der Waals surface area contributed by atoms with E-state index in [0.717, 1.165) is 5.82 Å². The number of pyridine rings is 1. The van der Waals surface area contributed by atoms with Gasteiger partial charge in [-0.15, -0.1) is 0 Å². The molecular formula is C12H16N4. The van der Waals surface area contributed by atoms with Crippen LogP contribution < -0.4 is 5.01 Å². The van der Waals surface area contributed by atoms with Crippen LogP contribution >= 0.6 is 0 Å². The maximum Gasteiger partial charge on any atom is 0.150 e. The summed E-state index contributed by atoms with van der Waals surface area (Å²) in [5.41, 5.74) is 0. The number of anilines is 1. The molecule has 0 saturated heterocycles. The van der Waals surface area contributed by atoms with Gasteiger partial charge in [-0.3, -0.25) is 0 Å². The summed E-state index contributed by atoms with van der Waals surface area (Å²) in [7, 11) is 0. The van der Waals surface area contributed by atoms with Crippen molar-refractivity contribution in [2.45, 2.75) is 44.2 Å². The fourth-order valence-electron chi connectivity index (χ4n) is 2.58. The van der Waals surface area contributed by atoms with Gasteiger partial charge < -0.3 is 0 Å². The Kier molecular flexibility index (Phi) is 2.56. The van der Waals surface area contributed by atoms with Crippen molar-refractivity contribution in [1.29, 1.82) is 0 Å². The highest BCUT2D eigenvalue weighted by Crippen LogP contribution is 2.32. The van der Waals surface area contributed by atoms with Crippen LogP contribution in [0.2, 0.25) is 0 Å². The molecule has 0 unspecified atom stereocenters. The Labute approximate surface area is 95.4 Å². The van der Waals surface area contributed by atoms with Crippen molar-refractivity contribution in [3.63, 3.8) is 0 Å². The van der Waals surface area contributed by atoms with E-state index in [4.69, 9.17) is 0 Å². The van der Waals surface area contributed by atoms with Crippen molar-refractivity contribution in [3.05, 3.63) is 24.4 Å². The van der Waals surface area contributed by atoms with Crippen molar-refractivity contribution in [2.24, 2.45) is 10.3 Å². The molecule has 0 N–H and O–H groups in total. The van der Waals surface area contributed by atoms with E-state index >= 15 is 0 Å². The molecule has 4 heteroatoms. The van der Waals surface area contributed by atoms with Crippen LogP contribution in [0, 0.1) is 0 Å². The normalized spacial score (nSPS) is 28.9. The van der Waals surface area contributed by atoms with Crippen LogP contribution in [-0.4, -0.2) is 17.1 Å². The van der Waals surface area contributed by atoms with Crippen LogP contribution in [-0.2, 0) is 0 Å². The third-order valence-corrected chi connectivity index (χ3v) is 3.44. The zero-order chi connectivity index (χ0) is 10.8. The van der Waals surface area contributed by atoms with E-state index in [9.17, 15) is 0 Å². The van der Waals surface area contributed by atoms with Gasteiger partial charge in [-0.1, -0.05) is 30.6 Å². The second-order valence-electron chi connectivity index (χ2n) is 4.51. The fourth-order valence-corrected chi connectivity index (χ4v) is 2.58. The number of fused-ring (bicyclic) bond motifs is 1. The van der Waals surface area contributed by atoms with Gasteiger partial charge in [0.25, 0.3) is 0 Å². The summed E-state index contributed by atoms with van der Waals surface area (Å²) in [6, 6.07) is 6.78. The third-order valence-electron chi connectivity index (χ3n) is 3.44. The van der Waals surface area contributed by atoms with Gasteiger partial charge in [0.2, 0.25) is 0 Å². The second-order valence-corrected chi connectivity index (χ2v) is 4.51. The number of aromatic nitrogens is 1. The summed E-state index contributed by atoms with van der Waals surface area (Å²) in [4.78, 5) is 4.35. The molecule has 1 aromatic heterocycles. The van der Waals surface area contributed by atoms with E-state index in [1.165, 1.54) is 32.1 Å². The van der Waals surface area contributed by atoms with Crippen molar-refractivity contribution in [2.75, 3.05) is 5.01 Å². The van der Waals surface area contributed by atoms with Gasteiger partial charge in [-0.05, 0) is 25.0 Å². The first kappa shape index (κ1) is 9.75. The van der Waals surface area contributed by atoms with E-state index in [0.29, 0.717) is 12.1 Å². The zero-order valence-corrected chi connectivity index (χ0v) is 9.29. The lowest BCUT2D eigenvalue weighted by Crippen LogP contribution is -2.34. The van der Waals surface area contributed by atoms with E-state index < -0.39 is 0 Å². The molecule has 0 amide bonds. The average molecular weight is 216 g/mol. The molecule has 4 nitrogen and oxygen atoms in total. The van der Waals surface area contributed by atoms with E-state index in [-0.39, 0.29) is 0 Å². The fraction of sp³-hybridized carbons (Fsp3) is 0.583. The first-order chi connectivity index (χ1) is 7.95. The van der Waals surface area contributed by atoms with Crippen LogP contribution in [0.5, 0.6) is 0 Å². The highest BCUT2D eigenvalue weighted by molar-refractivity contribution is 5.39. The summed E-state index contributed by atoms with van der Waals surface area (Å²) in [5.74, 6) is 0.931. The summed E-state index contributed by atoms with van der Waals surface area (Å²) in [6.45, 7) is 0. The van der Waals surface area contributed by atoms with Crippen molar-refractivity contribution < 1.29 is 0 Å². The Morgan fingerprint density at radius 3 is 2.94 bits per heavy atom. The van der Waals surface area contributed by atoms with E-state index in [2.05, 4.69) is 15.3 Å². The largest absolute Gasteiger partial charge is 0.237 e. The molecule has 0 bridgehead atoms. The van der Waals surface area contributed by atoms with Crippen LogP contribution in [0.4, 0.5) is 5.82 Å². The molecule has 1 fully saturated rings. The van der Waals surface area contributed by atoms with Crippen LogP contribution in [0.1, 0.15) is 32.1 Å². The number of nitrogens with zero attached hydrogens (tertiary/aromatic N) is 4. The molecule has 0 spiro atoms. The van der Waals surface area contributed by atoms with Gasteiger partial charge in [-0.25, -0.2) is 9.99 Å². The molecule has 0 aromatic carbocycles. The number of rotatable bonds is 1. The van der Waals surface area contributed by atoms with Crippen LogP contribution in [0.15, 0.2) is 34.7 Å². The lowest BCUT2D eigenvalue weighted by Gasteiger charge is -2.22. The quantitative estimate of drug-likeness (QED) is 0.724. The average Bonchev–Trinajstić information content (AvgIpc) is 2.60. The van der Waals surface area contributed by atoms with Gasteiger partial charge in [0.1, 0.15) is 0 Å². The Balaban J connectivity index is 1.84. The van der Waals surface area contributed by atoms with Gasteiger partial charge in [0.05, 0.1) is 12.1 Å². The summed E-state index contributed by atoms with van der Waals surface area (Å²) in [5, 5.41) is 10.7. The topological polar surface area (TPSA) is 40.9 Å². The molecule has 2 heterocycles. The van der Waals surface area contributed by atoms with E-state index in [1.54, 1.807) is 0 Å². The minimum absolute atomic E-state index is 0.393. The molecule has 0 radical (unpaired) electrons. The highest BCUT2D eigenvalue weighted by Gasteiger charge is 2.34. The Morgan fingerprint density at radius 1 is 1.12 bits per heavy atom. The molecule has 84 valence electrons.